The van der Waals surface area contributed by atoms with E-state index in [0.717, 1.165) is 10.0 Å². The fourth-order valence-corrected chi connectivity index (χ4v) is 3.46. The van der Waals surface area contributed by atoms with Crippen LogP contribution >= 0.6 is 15.9 Å². The molecule has 100 valence electrons. The van der Waals surface area contributed by atoms with E-state index in [1.165, 1.54) is 0 Å². The van der Waals surface area contributed by atoms with Gasteiger partial charge in [0.2, 0.25) is 10.0 Å². The first kappa shape index (κ1) is 14.2. The molecule has 1 aromatic heterocycles. The Balaban J connectivity index is 2.23. The smallest absolute Gasteiger partial charge is 0.241 e. The van der Waals surface area contributed by atoms with E-state index in [1.807, 2.05) is 6.07 Å². The van der Waals surface area contributed by atoms with Gasteiger partial charge in [0.15, 0.2) is 0 Å². The molecular formula is C13H13BrN2O2S. The lowest BCUT2D eigenvalue weighted by atomic mass is 10.2. The topological polar surface area (TPSA) is 59.1 Å². The number of nitrogens with zero attached hydrogens (tertiary/aromatic N) is 1. The summed E-state index contributed by atoms with van der Waals surface area (Å²) in [6, 6.07) is 9.87. The van der Waals surface area contributed by atoms with Crippen LogP contribution < -0.4 is 4.72 Å². The van der Waals surface area contributed by atoms with E-state index in [2.05, 4.69) is 25.6 Å². The summed E-state index contributed by atoms with van der Waals surface area (Å²) in [6.07, 6.45) is 3.30. The number of sulfonamides is 1. The highest BCUT2D eigenvalue weighted by Crippen LogP contribution is 2.19. The van der Waals surface area contributed by atoms with Crippen molar-refractivity contribution in [1.29, 1.82) is 0 Å². The van der Waals surface area contributed by atoms with Crippen molar-refractivity contribution in [1.82, 2.24) is 9.71 Å². The van der Waals surface area contributed by atoms with Crippen LogP contribution in [0.5, 0.6) is 0 Å². The average Bonchev–Trinajstić information content (AvgIpc) is 2.39. The van der Waals surface area contributed by atoms with E-state index < -0.39 is 10.0 Å². The second-order valence-corrected chi connectivity index (χ2v) is 6.72. The van der Waals surface area contributed by atoms with Gasteiger partial charge in [0.25, 0.3) is 0 Å². The largest absolute Gasteiger partial charge is 0.264 e. The number of nitrogens with one attached hydrogen (secondary N) is 1. The fraction of sp³-hybridized carbons (Fsp3) is 0.154. The molecule has 0 saturated heterocycles. The Morgan fingerprint density at radius 3 is 2.68 bits per heavy atom. The predicted octanol–water partition coefficient (Wildman–Crippen LogP) is 2.88. The Bertz CT molecular complexity index is 659. The van der Waals surface area contributed by atoms with Crippen molar-refractivity contribution in [3.8, 4) is 0 Å². The van der Waals surface area contributed by atoms with Gasteiger partial charge in [0, 0.05) is 22.9 Å². The Morgan fingerprint density at radius 1 is 1.26 bits per heavy atom. The van der Waals surface area contributed by atoms with Gasteiger partial charge in [-0.15, -0.1) is 0 Å². The summed E-state index contributed by atoms with van der Waals surface area (Å²) in [4.78, 5) is 4.21. The highest BCUT2D eigenvalue weighted by Gasteiger charge is 2.18. The summed E-state index contributed by atoms with van der Waals surface area (Å²) >= 11 is 3.26. The second kappa shape index (κ2) is 5.81. The van der Waals surface area contributed by atoms with Crippen LogP contribution in [0.2, 0.25) is 0 Å². The Labute approximate surface area is 121 Å². The van der Waals surface area contributed by atoms with Crippen LogP contribution in [-0.2, 0) is 10.0 Å². The van der Waals surface area contributed by atoms with Gasteiger partial charge in [-0.25, -0.2) is 13.1 Å². The van der Waals surface area contributed by atoms with E-state index in [1.54, 1.807) is 49.6 Å². The van der Waals surface area contributed by atoms with Gasteiger partial charge in [0.1, 0.15) is 0 Å². The maximum atomic E-state index is 12.2. The molecule has 1 unspecified atom stereocenters. The lowest BCUT2D eigenvalue weighted by Gasteiger charge is -2.14. The highest BCUT2D eigenvalue weighted by molar-refractivity contribution is 9.10. The summed E-state index contributed by atoms with van der Waals surface area (Å²) in [5, 5.41) is 0. The minimum absolute atomic E-state index is 0.234. The molecule has 4 nitrogen and oxygen atoms in total. The normalized spacial score (nSPS) is 13.2. The first-order chi connectivity index (χ1) is 8.99. The maximum Gasteiger partial charge on any atom is 0.241 e. The van der Waals surface area contributed by atoms with Crippen molar-refractivity contribution in [2.45, 2.75) is 17.9 Å². The molecule has 0 amide bonds. The number of pyridine rings is 1. The van der Waals surface area contributed by atoms with Crippen molar-refractivity contribution in [2.24, 2.45) is 0 Å². The molecule has 0 bridgehead atoms. The van der Waals surface area contributed by atoms with Gasteiger partial charge in [-0.1, -0.05) is 28.1 Å². The molecule has 0 aliphatic heterocycles. The first-order valence-corrected chi connectivity index (χ1v) is 7.94. The molecule has 2 aromatic rings. The van der Waals surface area contributed by atoms with Crippen LogP contribution in [0.15, 0.2) is 58.2 Å². The molecule has 0 radical (unpaired) electrons. The van der Waals surface area contributed by atoms with Crippen LogP contribution in [0.4, 0.5) is 0 Å². The number of hydrogen-bond donors (Lipinski definition) is 1. The van der Waals surface area contributed by atoms with E-state index in [-0.39, 0.29) is 10.9 Å². The van der Waals surface area contributed by atoms with Gasteiger partial charge < -0.3 is 0 Å². The van der Waals surface area contributed by atoms with E-state index in [4.69, 9.17) is 0 Å². The average molecular weight is 341 g/mol. The summed E-state index contributed by atoms with van der Waals surface area (Å²) in [6.45, 7) is 1.78. The van der Waals surface area contributed by atoms with Crippen molar-refractivity contribution in [2.75, 3.05) is 0 Å². The molecule has 0 spiro atoms. The molecule has 0 aliphatic carbocycles. The predicted molar refractivity (Wildman–Crippen MR) is 77.1 cm³/mol. The monoisotopic (exact) mass is 340 g/mol. The van der Waals surface area contributed by atoms with Gasteiger partial charge in [0.05, 0.1) is 4.90 Å². The molecule has 0 saturated carbocycles. The molecule has 1 N–H and O–H groups in total. The van der Waals surface area contributed by atoms with Crippen LogP contribution in [0.3, 0.4) is 0 Å². The molecule has 6 heteroatoms. The third-order valence-corrected chi connectivity index (χ3v) is 4.65. The lowest BCUT2D eigenvalue weighted by molar-refractivity contribution is 0.566. The number of rotatable bonds is 4. The summed E-state index contributed by atoms with van der Waals surface area (Å²) in [5.74, 6) is 0. The van der Waals surface area contributed by atoms with Crippen molar-refractivity contribution in [3.63, 3.8) is 0 Å². The summed E-state index contributed by atoms with van der Waals surface area (Å²) in [5.41, 5.74) is 0.820. The number of hydrogen-bond acceptors (Lipinski definition) is 3. The van der Waals surface area contributed by atoms with Crippen LogP contribution in [0, 0.1) is 0 Å². The SMILES string of the molecule is CC(NS(=O)(=O)c1cccc(Br)c1)c1cccnc1. The standard InChI is InChI=1S/C13H13BrN2O2S/c1-10(11-4-3-7-15-9-11)16-19(17,18)13-6-2-5-12(14)8-13/h2-10,16H,1H3. The highest BCUT2D eigenvalue weighted by atomic mass is 79.9. The minimum Gasteiger partial charge on any atom is -0.264 e. The fourth-order valence-electron chi connectivity index (χ4n) is 1.64. The zero-order chi connectivity index (χ0) is 13.9. The molecule has 1 aromatic carbocycles. The molecule has 1 heterocycles. The maximum absolute atomic E-state index is 12.2. The molecule has 19 heavy (non-hydrogen) atoms. The number of benzene rings is 1. The second-order valence-electron chi connectivity index (χ2n) is 4.09. The zero-order valence-corrected chi connectivity index (χ0v) is 12.6. The van der Waals surface area contributed by atoms with Gasteiger partial charge in [-0.2, -0.15) is 0 Å². The third-order valence-electron chi connectivity index (χ3n) is 2.62. The molecule has 1 atom stereocenters. The molecule has 0 fully saturated rings. The summed E-state index contributed by atoms with van der Waals surface area (Å²) in [7, 11) is -3.54. The van der Waals surface area contributed by atoms with Gasteiger partial charge >= 0.3 is 0 Å². The number of aromatic nitrogens is 1. The van der Waals surface area contributed by atoms with Crippen molar-refractivity contribution in [3.05, 3.63) is 58.8 Å². The Morgan fingerprint density at radius 2 is 2.05 bits per heavy atom. The molecular weight excluding hydrogens is 328 g/mol. The van der Waals surface area contributed by atoms with E-state index in [9.17, 15) is 8.42 Å². The van der Waals surface area contributed by atoms with Crippen LogP contribution in [-0.4, -0.2) is 13.4 Å². The lowest BCUT2D eigenvalue weighted by Crippen LogP contribution is -2.26. The Kier molecular flexibility index (Phi) is 4.34. The summed E-state index contributed by atoms with van der Waals surface area (Å²) < 4.78 is 27.8. The third kappa shape index (κ3) is 3.62. The number of halogens is 1. The Hall–Kier alpha value is -1.24. The van der Waals surface area contributed by atoms with Gasteiger partial charge in [-0.3, -0.25) is 4.98 Å². The first-order valence-electron chi connectivity index (χ1n) is 5.67. The van der Waals surface area contributed by atoms with E-state index >= 15 is 0 Å². The van der Waals surface area contributed by atoms with Crippen LogP contribution in [0.1, 0.15) is 18.5 Å². The van der Waals surface area contributed by atoms with Gasteiger partial charge in [-0.05, 0) is 36.8 Å². The minimum atomic E-state index is -3.54. The quantitative estimate of drug-likeness (QED) is 0.930. The van der Waals surface area contributed by atoms with Crippen molar-refractivity contribution >= 4 is 26.0 Å². The van der Waals surface area contributed by atoms with E-state index in [0.29, 0.717) is 0 Å². The van der Waals surface area contributed by atoms with Crippen molar-refractivity contribution < 1.29 is 8.42 Å². The molecule has 2 rings (SSSR count). The zero-order valence-electron chi connectivity index (χ0n) is 10.2. The molecule has 0 aliphatic rings. The van der Waals surface area contributed by atoms with Crippen LogP contribution in [0.25, 0.3) is 0 Å².